The molecule has 1 fully saturated rings. The van der Waals surface area contributed by atoms with Crippen LogP contribution in [0.15, 0.2) is 48.5 Å². The first-order chi connectivity index (χ1) is 14.0. The van der Waals surface area contributed by atoms with Gasteiger partial charge in [0.05, 0.1) is 21.8 Å². The lowest BCUT2D eigenvalue weighted by Gasteiger charge is -2.34. The number of carbonyl (C=O) groups excluding carboxylic acids is 2. The smallest absolute Gasteiger partial charge is 0.241 e. The highest BCUT2D eigenvalue weighted by Crippen LogP contribution is 2.30. The van der Waals surface area contributed by atoms with Gasteiger partial charge in [-0.25, -0.2) is 0 Å². The molecule has 1 atom stereocenters. The number of amides is 2. The molecule has 1 aliphatic rings. The van der Waals surface area contributed by atoms with Gasteiger partial charge in [-0.2, -0.15) is 0 Å². The molecule has 5 nitrogen and oxygen atoms in total. The fraction of sp³-hybridized carbons (Fsp3) is 0.364. The lowest BCUT2D eigenvalue weighted by atomic mass is 9.94. The molecular weight excluding hydrogens is 409 g/mol. The maximum atomic E-state index is 12.6. The number of hydrogen-bond donors (Lipinski definition) is 2. The van der Waals surface area contributed by atoms with Crippen molar-refractivity contribution in [2.24, 2.45) is 5.92 Å². The molecule has 7 heteroatoms. The Balaban J connectivity index is 1.47. The quantitative estimate of drug-likeness (QED) is 0.711. The molecule has 0 radical (unpaired) electrons. The Morgan fingerprint density at radius 2 is 1.76 bits per heavy atom. The molecular formula is C22H25Cl2N3O2. The van der Waals surface area contributed by atoms with Gasteiger partial charge in [-0.05, 0) is 50.6 Å². The number of benzene rings is 2. The maximum Gasteiger partial charge on any atom is 0.241 e. The van der Waals surface area contributed by atoms with E-state index in [-0.39, 0.29) is 23.8 Å². The molecule has 2 aromatic carbocycles. The molecule has 154 valence electrons. The van der Waals surface area contributed by atoms with E-state index >= 15 is 0 Å². The number of hydrogen-bond acceptors (Lipinski definition) is 3. The van der Waals surface area contributed by atoms with Crippen molar-refractivity contribution in [3.63, 3.8) is 0 Å². The fourth-order valence-electron chi connectivity index (χ4n) is 3.48. The molecule has 3 rings (SSSR count). The van der Waals surface area contributed by atoms with Crippen LogP contribution in [0.2, 0.25) is 10.0 Å². The molecule has 2 N–H and O–H groups in total. The summed E-state index contributed by atoms with van der Waals surface area (Å²) in [6.07, 6.45) is 1.46. The Kier molecular flexibility index (Phi) is 7.53. The van der Waals surface area contributed by atoms with Crippen LogP contribution in [-0.4, -0.2) is 35.8 Å². The van der Waals surface area contributed by atoms with E-state index in [4.69, 9.17) is 23.2 Å². The summed E-state index contributed by atoms with van der Waals surface area (Å²) < 4.78 is 0. The Hall–Kier alpha value is -2.08. The van der Waals surface area contributed by atoms with Crippen LogP contribution in [0.3, 0.4) is 0 Å². The Labute approximate surface area is 181 Å². The van der Waals surface area contributed by atoms with Gasteiger partial charge in [-0.1, -0.05) is 59.6 Å². The zero-order valence-electron chi connectivity index (χ0n) is 16.3. The van der Waals surface area contributed by atoms with Crippen molar-refractivity contribution in [3.05, 3.63) is 64.1 Å². The first-order valence-electron chi connectivity index (χ1n) is 9.76. The van der Waals surface area contributed by atoms with Gasteiger partial charge in [-0.15, -0.1) is 0 Å². The van der Waals surface area contributed by atoms with Crippen LogP contribution in [0.5, 0.6) is 0 Å². The number of halogens is 2. The molecule has 1 heterocycles. The molecule has 0 saturated carbocycles. The number of nitrogens with one attached hydrogen (secondary N) is 2. The normalized spacial score (nSPS) is 16.2. The number of nitrogens with zero attached hydrogens (tertiary/aromatic N) is 1. The molecule has 2 aromatic rings. The van der Waals surface area contributed by atoms with Crippen LogP contribution >= 0.6 is 23.2 Å². The third kappa shape index (κ3) is 5.72. The summed E-state index contributed by atoms with van der Waals surface area (Å²) in [7, 11) is 0. The molecule has 0 bridgehead atoms. The van der Waals surface area contributed by atoms with E-state index in [1.165, 1.54) is 0 Å². The number of rotatable bonds is 6. The summed E-state index contributed by atoms with van der Waals surface area (Å²) in [6.45, 7) is 3.80. The van der Waals surface area contributed by atoms with E-state index in [0.717, 1.165) is 18.4 Å². The predicted molar refractivity (Wildman–Crippen MR) is 117 cm³/mol. The van der Waals surface area contributed by atoms with Gasteiger partial charge in [0.25, 0.3) is 0 Å². The first-order valence-corrected chi connectivity index (χ1v) is 10.5. The van der Waals surface area contributed by atoms with Gasteiger partial charge in [-0.3, -0.25) is 14.5 Å². The zero-order chi connectivity index (χ0) is 20.8. The van der Waals surface area contributed by atoms with Gasteiger partial charge in [0.15, 0.2) is 0 Å². The van der Waals surface area contributed by atoms with Crippen molar-refractivity contribution < 1.29 is 9.59 Å². The van der Waals surface area contributed by atoms with Crippen LogP contribution in [0.4, 0.5) is 5.69 Å². The van der Waals surface area contributed by atoms with Crippen molar-refractivity contribution in [1.29, 1.82) is 0 Å². The molecule has 1 saturated heterocycles. The molecule has 0 spiro atoms. The van der Waals surface area contributed by atoms with Gasteiger partial charge < -0.3 is 10.6 Å². The lowest BCUT2D eigenvalue weighted by Crippen LogP contribution is -2.48. The predicted octanol–water partition coefficient (Wildman–Crippen LogP) is 4.35. The lowest BCUT2D eigenvalue weighted by molar-refractivity contribution is -0.127. The van der Waals surface area contributed by atoms with Gasteiger partial charge in [0.1, 0.15) is 0 Å². The first kappa shape index (κ1) is 21.6. The van der Waals surface area contributed by atoms with Crippen LogP contribution < -0.4 is 10.6 Å². The molecule has 1 aliphatic heterocycles. The standard InChI is InChI=1S/C22H25Cl2N3O2/c1-15(21(28)26-19-9-5-8-18(23)20(19)24)27-12-10-17(11-13-27)22(29)25-14-16-6-3-2-4-7-16/h2-9,15,17H,10-14H2,1H3,(H,25,29)(H,26,28)/t15-/m0/s1. The van der Waals surface area contributed by atoms with Crippen molar-refractivity contribution in [2.45, 2.75) is 32.4 Å². The van der Waals surface area contributed by atoms with Crippen LogP contribution in [0.1, 0.15) is 25.3 Å². The van der Waals surface area contributed by atoms with Crippen molar-refractivity contribution in [2.75, 3.05) is 18.4 Å². The van der Waals surface area contributed by atoms with Crippen LogP contribution in [-0.2, 0) is 16.1 Å². The van der Waals surface area contributed by atoms with Gasteiger partial charge >= 0.3 is 0 Å². The van der Waals surface area contributed by atoms with Gasteiger partial charge in [0, 0.05) is 12.5 Å². The average molecular weight is 434 g/mol. The highest BCUT2D eigenvalue weighted by Gasteiger charge is 2.30. The van der Waals surface area contributed by atoms with E-state index in [1.807, 2.05) is 37.3 Å². The second-order valence-corrected chi connectivity index (χ2v) is 8.07. The van der Waals surface area contributed by atoms with E-state index in [1.54, 1.807) is 18.2 Å². The van der Waals surface area contributed by atoms with Crippen LogP contribution in [0.25, 0.3) is 0 Å². The summed E-state index contributed by atoms with van der Waals surface area (Å²) >= 11 is 12.2. The fourth-order valence-corrected chi connectivity index (χ4v) is 3.83. The minimum Gasteiger partial charge on any atom is -0.352 e. The minimum absolute atomic E-state index is 0.0207. The highest BCUT2D eigenvalue weighted by molar-refractivity contribution is 6.44. The maximum absolute atomic E-state index is 12.6. The summed E-state index contributed by atoms with van der Waals surface area (Å²) in [5, 5.41) is 6.60. The summed E-state index contributed by atoms with van der Waals surface area (Å²) in [4.78, 5) is 27.2. The second-order valence-electron chi connectivity index (χ2n) is 7.28. The average Bonchev–Trinajstić information content (AvgIpc) is 2.75. The zero-order valence-corrected chi connectivity index (χ0v) is 17.8. The Morgan fingerprint density at radius 1 is 1.07 bits per heavy atom. The summed E-state index contributed by atoms with van der Waals surface area (Å²) in [5.41, 5.74) is 1.59. The topological polar surface area (TPSA) is 61.4 Å². The highest BCUT2D eigenvalue weighted by atomic mass is 35.5. The molecule has 2 amide bonds. The molecule has 0 unspecified atom stereocenters. The van der Waals surface area contributed by atoms with E-state index < -0.39 is 0 Å². The van der Waals surface area contributed by atoms with E-state index in [0.29, 0.717) is 35.4 Å². The van der Waals surface area contributed by atoms with E-state index in [2.05, 4.69) is 15.5 Å². The third-order valence-corrected chi connectivity index (χ3v) is 6.17. The number of carbonyl (C=O) groups is 2. The van der Waals surface area contributed by atoms with Crippen molar-refractivity contribution in [3.8, 4) is 0 Å². The van der Waals surface area contributed by atoms with Crippen molar-refractivity contribution in [1.82, 2.24) is 10.2 Å². The Morgan fingerprint density at radius 3 is 2.45 bits per heavy atom. The number of piperidine rings is 1. The number of likely N-dealkylation sites (tertiary alicyclic amines) is 1. The number of anilines is 1. The van der Waals surface area contributed by atoms with Gasteiger partial charge in [0.2, 0.25) is 11.8 Å². The third-order valence-electron chi connectivity index (χ3n) is 5.35. The van der Waals surface area contributed by atoms with Crippen LogP contribution in [0, 0.1) is 5.92 Å². The minimum atomic E-state index is -0.321. The second kappa shape index (κ2) is 10.1. The SMILES string of the molecule is C[C@@H](C(=O)Nc1cccc(Cl)c1Cl)N1CCC(C(=O)NCc2ccccc2)CC1. The molecule has 0 aromatic heterocycles. The van der Waals surface area contributed by atoms with Crippen molar-refractivity contribution >= 4 is 40.7 Å². The molecule has 0 aliphatic carbocycles. The molecule has 29 heavy (non-hydrogen) atoms. The summed E-state index contributed by atoms with van der Waals surface area (Å²) in [6, 6.07) is 14.7. The Bertz CT molecular complexity index is 852. The summed E-state index contributed by atoms with van der Waals surface area (Å²) in [5.74, 6) is -0.0786. The van der Waals surface area contributed by atoms with E-state index in [9.17, 15) is 9.59 Å². The monoisotopic (exact) mass is 433 g/mol. The largest absolute Gasteiger partial charge is 0.352 e.